The molecule has 0 bridgehead atoms. The van der Waals surface area contributed by atoms with Crippen LogP contribution in [0.15, 0.2) is 22.7 Å². The topological polar surface area (TPSA) is 49.4 Å². The molecule has 0 radical (unpaired) electrons. The minimum atomic E-state index is -0.430. The molecule has 3 amide bonds. The molecule has 4 nitrogen and oxygen atoms in total. The molecule has 1 aromatic rings. The maximum atomic E-state index is 11.6. The number of anilines is 1. The van der Waals surface area contributed by atoms with E-state index in [2.05, 4.69) is 21.2 Å². The first-order chi connectivity index (χ1) is 7.58. The SMILES string of the molecule is O=C1CCN(c2ccc(Br)cc2Cl)C(=O)N1. The fraction of sp³-hybridized carbons (Fsp3) is 0.200. The average Bonchev–Trinajstić information content (AvgIpc) is 2.19. The molecule has 0 unspecified atom stereocenters. The summed E-state index contributed by atoms with van der Waals surface area (Å²) in [4.78, 5) is 24.0. The van der Waals surface area contributed by atoms with Crippen LogP contribution in [0, 0.1) is 0 Å². The van der Waals surface area contributed by atoms with Gasteiger partial charge in [0.05, 0.1) is 10.7 Å². The van der Waals surface area contributed by atoms with Gasteiger partial charge in [-0.05, 0) is 18.2 Å². The van der Waals surface area contributed by atoms with E-state index in [1.165, 1.54) is 4.90 Å². The number of halogens is 2. The third-order valence-corrected chi connectivity index (χ3v) is 3.05. The van der Waals surface area contributed by atoms with Crippen LogP contribution in [-0.4, -0.2) is 18.5 Å². The highest BCUT2D eigenvalue weighted by Gasteiger charge is 2.25. The quantitative estimate of drug-likeness (QED) is 0.867. The Kier molecular flexibility index (Phi) is 3.16. The number of rotatable bonds is 1. The van der Waals surface area contributed by atoms with Crippen LogP contribution in [0.1, 0.15) is 6.42 Å². The number of imide groups is 1. The molecule has 0 spiro atoms. The molecular weight excluding hydrogens is 295 g/mol. The first-order valence-corrected chi connectivity index (χ1v) is 5.81. The van der Waals surface area contributed by atoms with Gasteiger partial charge in [0.2, 0.25) is 5.91 Å². The monoisotopic (exact) mass is 302 g/mol. The van der Waals surface area contributed by atoms with Crippen molar-refractivity contribution in [1.82, 2.24) is 5.32 Å². The minimum absolute atomic E-state index is 0.255. The molecule has 0 aliphatic carbocycles. The Hall–Kier alpha value is -1.07. The molecule has 1 fully saturated rings. The molecule has 1 heterocycles. The van der Waals surface area contributed by atoms with E-state index in [1.807, 2.05) is 0 Å². The van der Waals surface area contributed by atoms with Gasteiger partial charge in [0.1, 0.15) is 0 Å². The highest BCUT2D eigenvalue weighted by atomic mass is 79.9. The van der Waals surface area contributed by atoms with Crippen molar-refractivity contribution in [2.45, 2.75) is 6.42 Å². The first kappa shape index (κ1) is 11.4. The molecule has 84 valence electrons. The summed E-state index contributed by atoms with van der Waals surface area (Å²) in [5.41, 5.74) is 0.606. The Morgan fingerprint density at radius 2 is 2.12 bits per heavy atom. The van der Waals surface area contributed by atoms with Gasteiger partial charge in [-0.2, -0.15) is 0 Å². The molecule has 16 heavy (non-hydrogen) atoms. The predicted molar refractivity (Wildman–Crippen MR) is 64.7 cm³/mol. The number of carbonyl (C=O) groups is 2. The van der Waals surface area contributed by atoms with Crippen LogP contribution >= 0.6 is 27.5 Å². The predicted octanol–water partition coefficient (Wildman–Crippen LogP) is 2.55. The van der Waals surface area contributed by atoms with Crippen LogP contribution in [0.4, 0.5) is 10.5 Å². The summed E-state index contributed by atoms with van der Waals surface area (Å²) in [5.74, 6) is -0.255. The van der Waals surface area contributed by atoms with Gasteiger partial charge < -0.3 is 0 Å². The second-order valence-electron chi connectivity index (χ2n) is 3.35. The van der Waals surface area contributed by atoms with Crippen LogP contribution < -0.4 is 10.2 Å². The summed E-state index contributed by atoms with van der Waals surface area (Å²) in [6.07, 6.45) is 0.290. The number of urea groups is 1. The van der Waals surface area contributed by atoms with Crippen molar-refractivity contribution in [3.63, 3.8) is 0 Å². The van der Waals surface area contributed by atoms with Crippen molar-refractivity contribution in [3.8, 4) is 0 Å². The van der Waals surface area contributed by atoms with Gasteiger partial charge in [0, 0.05) is 17.4 Å². The van der Waals surface area contributed by atoms with Gasteiger partial charge in [0.25, 0.3) is 0 Å². The van der Waals surface area contributed by atoms with Crippen molar-refractivity contribution in [2.24, 2.45) is 0 Å². The van der Waals surface area contributed by atoms with Crippen molar-refractivity contribution in [1.29, 1.82) is 0 Å². The fourth-order valence-corrected chi connectivity index (χ4v) is 2.27. The molecule has 0 atom stereocenters. The average molecular weight is 304 g/mol. The number of hydrogen-bond donors (Lipinski definition) is 1. The van der Waals surface area contributed by atoms with Gasteiger partial charge in [-0.15, -0.1) is 0 Å². The van der Waals surface area contributed by atoms with Gasteiger partial charge in [-0.3, -0.25) is 15.0 Å². The molecule has 0 saturated carbocycles. The van der Waals surface area contributed by atoms with E-state index in [-0.39, 0.29) is 12.3 Å². The molecule has 1 saturated heterocycles. The van der Waals surface area contributed by atoms with Crippen LogP contribution in [0.25, 0.3) is 0 Å². The van der Waals surface area contributed by atoms with Crippen molar-refractivity contribution < 1.29 is 9.59 Å². The maximum Gasteiger partial charge on any atom is 0.328 e. The van der Waals surface area contributed by atoms with Crippen molar-refractivity contribution in [3.05, 3.63) is 27.7 Å². The smallest absolute Gasteiger partial charge is 0.292 e. The molecule has 1 aliphatic heterocycles. The van der Waals surface area contributed by atoms with E-state index in [4.69, 9.17) is 11.6 Å². The Labute approximate surface area is 106 Å². The van der Waals surface area contributed by atoms with E-state index >= 15 is 0 Å². The van der Waals surface area contributed by atoms with E-state index < -0.39 is 6.03 Å². The lowest BCUT2D eigenvalue weighted by molar-refractivity contribution is -0.120. The maximum absolute atomic E-state index is 11.6. The summed E-state index contributed by atoms with van der Waals surface area (Å²) >= 11 is 9.32. The number of nitrogens with zero attached hydrogens (tertiary/aromatic N) is 1. The van der Waals surface area contributed by atoms with Gasteiger partial charge in [-0.1, -0.05) is 27.5 Å². The summed E-state index contributed by atoms with van der Waals surface area (Å²) in [6.45, 7) is 0.353. The summed E-state index contributed by atoms with van der Waals surface area (Å²) < 4.78 is 0.842. The molecule has 2 rings (SSSR count). The third-order valence-electron chi connectivity index (χ3n) is 2.25. The molecule has 0 aromatic heterocycles. The first-order valence-electron chi connectivity index (χ1n) is 4.64. The Balaban J connectivity index is 2.30. The number of nitrogens with one attached hydrogen (secondary N) is 1. The fourth-order valence-electron chi connectivity index (χ4n) is 1.49. The van der Waals surface area contributed by atoms with Gasteiger partial charge in [0.15, 0.2) is 0 Å². The second-order valence-corrected chi connectivity index (χ2v) is 4.67. The van der Waals surface area contributed by atoms with Crippen molar-refractivity contribution in [2.75, 3.05) is 11.4 Å². The van der Waals surface area contributed by atoms with Gasteiger partial charge in [-0.25, -0.2) is 4.79 Å². The summed E-state index contributed by atoms with van der Waals surface area (Å²) in [6, 6.07) is 4.81. The molecule has 1 aliphatic rings. The van der Waals surface area contributed by atoms with Gasteiger partial charge >= 0.3 is 6.03 Å². The normalized spacial score (nSPS) is 16.2. The largest absolute Gasteiger partial charge is 0.328 e. The lowest BCUT2D eigenvalue weighted by atomic mass is 10.2. The van der Waals surface area contributed by atoms with E-state index in [9.17, 15) is 9.59 Å². The summed E-state index contributed by atoms with van der Waals surface area (Å²) in [7, 11) is 0. The van der Waals surface area contributed by atoms with Crippen molar-refractivity contribution >= 4 is 45.2 Å². The Morgan fingerprint density at radius 3 is 2.75 bits per heavy atom. The summed E-state index contributed by atoms with van der Waals surface area (Å²) in [5, 5.41) is 2.72. The Morgan fingerprint density at radius 1 is 1.38 bits per heavy atom. The number of carbonyl (C=O) groups excluding carboxylic acids is 2. The zero-order chi connectivity index (χ0) is 11.7. The number of hydrogen-bond acceptors (Lipinski definition) is 2. The highest BCUT2D eigenvalue weighted by molar-refractivity contribution is 9.10. The van der Waals surface area contributed by atoms with Crippen LogP contribution in [0.3, 0.4) is 0 Å². The van der Waals surface area contributed by atoms with Crippen LogP contribution in [0.2, 0.25) is 5.02 Å². The van der Waals surface area contributed by atoms with E-state index in [1.54, 1.807) is 18.2 Å². The molecular formula is C10H8BrClN2O2. The highest BCUT2D eigenvalue weighted by Crippen LogP contribution is 2.29. The Bertz CT molecular complexity index is 464. The third kappa shape index (κ3) is 2.20. The zero-order valence-corrected chi connectivity index (χ0v) is 10.5. The number of amides is 3. The van der Waals surface area contributed by atoms with E-state index in [0.29, 0.717) is 17.3 Å². The van der Waals surface area contributed by atoms with Crippen LogP contribution in [-0.2, 0) is 4.79 Å². The lowest BCUT2D eigenvalue weighted by Crippen LogP contribution is -2.49. The second kappa shape index (κ2) is 4.43. The van der Waals surface area contributed by atoms with E-state index in [0.717, 1.165) is 4.47 Å². The lowest BCUT2D eigenvalue weighted by Gasteiger charge is -2.27. The standard InChI is InChI=1S/C10H8BrClN2O2/c11-6-1-2-8(7(12)5-6)14-4-3-9(15)13-10(14)16/h1-2,5H,3-4H2,(H,13,15,16). The molecule has 1 N–H and O–H groups in total. The molecule has 1 aromatic carbocycles. The zero-order valence-electron chi connectivity index (χ0n) is 8.17. The molecule has 6 heteroatoms. The number of benzene rings is 1. The van der Waals surface area contributed by atoms with Crippen LogP contribution in [0.5, 0.6) is 0 Å². The minimum Gasteiger partial charge on any atom is -0.292 e.